The maximum atomic E-state index is 10.9. The molecule has 0 aliphatic heterocycles. The Morgan fingerprint density at radius 1 is 1.50 bits per heavy atom. The van der Waals surface area contributed by atoms with Crippen molar-refractivity contribution in [3.05, 3.63) is 0 Å². The molecule has 0 bridgehead atoms. The summed E-state index contributed by atoms with van der Waals surface area (Å²) in [6.45, 7) is 3.69. The van der Waals surface area contributed by atoms with Crippen molar-refractivity contribution in [1.82, 2.24) is 0 Å². The van der Waals surface area contributed by atoms with Crippen LogP contribution in [0.5, 0.6) is 0 Å². The standard InChI is InChI=1S/C6H12Cl2O3P/c1-5(2)11-12(9)10-4-6(8)3-7/h5-6H,3-4H2,1-2H3/q+1. The Hall–Kier alpha value is 0.600. The van der Waals surface area contributed by atoms with Gasteiger partial charge in [-0.3, -0.25) is 0 Å². The first-order valence-corrected chi connectivity index (χ1v) is 5.60. The smallest absolute Gasteiger partial charge is 0.125 e. The average molecular weight is 234 g/mol. The minimum atomic E-state index is -2.05. The van der Waals surface area contributed by atoms with E-state index in [2.05, 4.69) is 0 Å². The normalized spacial score (nSPS) is 14.9. The number of alkyl halides is 2. The van der Waals surface area contributed by atoms with Gasteiger partial charge in [0.05, 0.1) is 5.38 Å². The monoisotopic (exact) mass is 233 g/mol. The molecular weight excluding hydrogens is 222 g/mol. The molecule has 2 atom stereocenters. The Balaban J connectivity index is 3.44. The molecule has 0 fully saturated rings. The van der Waals surface area contributed by atoms with Crippen LogP contribution < -0.4 is 0 Å². The van der Waals surface area contributed by atoms with Gasteiger partial charge in [0, 0.05) is 10.4 Å². The molecule has 0 heterocycles. The Morgan fingerprint density at radius 2 is 2.08 bits per heavy atom. The molecule has 12 heavy (non-hydrogen) atoms. The number of hydrogen-bond acceptors (Lipinski definition) is 3. The first-order chi connectivity index (χ1) is 5.56. The van der Waals surface area contributed by atoms with Crippen LogP contribution >= 0.6 is 31.5 Å². The first-order valence-electron chi connectivity index (χ1n) is 3.53. The molecule has 0 rings (SSSR count). The Labute approximate surface area is 83.3 Å². The third-order valence-corrected chi connectivity index (χ3v) is 2.59. The van der Waals surface area contributed by atoms with Crippen molar-refractivity contribution in [3.63, 3.8) is 0 Å². The molecule has 0 saturated carbocycles. The van der Waals surface area contributed by atoms with Crippen LogP contribution in [0, 0.1) is 0 Å². The van der Waals surface area contributed by atoms with E-state index in [0.29, 0.717) is 0 Å². The predicted molar refractivity (Wildman–Crippen MR) is 50.1 cm³/mol. The van der Waals surface area contributed by atoms with E-state index in [1.165, 1.54) is 0 Å². The molecule has 0 aromatic carbocycles. The van der Waals surface area contributed by atoms with Gasteiger partial charge in [0.15, 0.2) is 0 Å². The van der Waals surface area contributed by atoms with Crippen LogP contribution in [0.1, 0.15) is 13.8 Å². The van der Waals surface area contributed by atoms with Crippen molar-refractivity contribution in [3.8, 4) is 0 Å². The van der Waals surface area contributed by atoms with Crippen LogP contribution in [0.3, 0.4) is 0 Å². The summed E-state index contributed by atoms with van der Waals surface area (Å²) >= 11 is 11.0. The van der Waals surface area contributed by atoms with Gasteiger partial charge < -0.3 is 0 Å². The lowest BCUT2D eigenvalue weighted by Crippen LogP contribution is -2.08. The van der Waals surface area contributed by atoms with E-state index in [-0.39, 0.29) is 24.0 Å². The molecule has 2 unspecified atom stereocenters. The fourth-order valence-corrected chi connectivity index (χ4v) is 1.34. The third-order valence-electron chi connectivity index (χ3n) is 0.825. The molecule has 3 nitrogen and oxygen atoms in total. The van der Waals surface area contributed by atoms with E-state index >= 15 is 0 Å². The van der Waals surface area contributed by atoms with E-state index < -0.39 is 8.25 Å². The van der Waals surface area contributed by atoms with Gasteiger partial charge in [-0.15, -0.1) is 32.2 Å². The van der Waals surface area contributed by atoms with Crippen molar-refractivity contribution in [2.75, 3.05) is 12.5 Å². The summed E-state index contributed by atoms with van der Waals surface area (Å²) in [6, 6.07) is 0. The van der Waals surface area contributed by atoms with E-state index in [0.717, 1.165) is 0 Å². The minimum Gasteiger partial charge on any atom is -0.125 e. The predicted octanol–water partition coefficient (Wildman–Crippen LogP) is 2.93. The summed E-state index contributed by atoms with van der Waals surface area (Å²) in [5.41, 5.74) is 0. The van der Waals surface area contributed by atoms with Gasteiger partial charge in [0.1, 0.15) is 12.7 Å². The molecule has 0 aromatic rings. The van der Waals surface area contributed by atoms with Crippen molar-refractivity contribution in [2.45, 2.75) is 25.3 Å². The SMILES string of the molecule is CC(C)O[P+](=O)OCC(Cl)CCl. The summed E-state index contributed by atoms with van der Waals surface area (Å²) < 4.78 is 20.5. The van der Waals surface area contributed by atoms with Gasteiger partial charge in [-0.05, 0) is 13.8 Å². The highest BCUT2D eigenvalue weighted by atomic mass is 35.5. The van der Waals surface area contributed by atoms with E-state index in [4.69, 9.17) is 32.2 Å². The lowest BCUT2D eigenvalue weighted by molar-refractivity contribution is 0.188. The second-order valence-electron chi connectivity index (χ2n) is 2.43. The molecule has 0 N–H and O–H groups in total. The molecule has 0 aromatic heterocycles. The Kier molecular flexibility index (Phi) is 7.40. The Morgan fingerprint density at radius 3 is 2.50 bits per heavy atom. The summed E-state index contributed by atoms with van der Waals surface area (Å²) in [5.74, 6) is 0.270. The molecule has 0 amide bonds. The highest BCUT2D eigenvalue weighted by Gasteiger charge is 2.23. The van der Waals surface area contributed by atoms with Gasteiger partial charge in [0.25, 0.3) is 0 Å². The molecule has 0 spiro atoms. The minimum absolute atomic E-state index is 0.113. The zero-order valence-electron chi connectivity index (χ0n) is 7.00. The van der Waals surface area contributed by atoms with Crippen molar-refractivity contribution < 1.29 is 13.6 Å². The van der Waals surface area contributed by atoms with Crippen LogP contribution in [0.4, 0.5) is 0 Å². The van der Waals surface area contributed by atoms with Crippen molar-refractivity contribution in [1.29, 1.82) is 0 Å². The van der Waals surface area contributed by atoms with E-state index in [9.17, 15) is 4.57 Å². The molecule has 0 aliphatic rings. The Bertz CT molecular complexity index is 143. The van der Waals surface area contributed by atoms with Crippen LogP contribution in [-0.4, -0.2) is 24.0 Å². The quantitative estimate of drug-likeness (QED) is 0.523. The molecule has 72 valence electrons. The van der Waals surface area contributed by atoms with Gasteiger partial charge in [0.2, 0.25) is 0 Å². The second kappa shape index (κ2) is 7.05. The first kappa shape index (κ1) is 12.6. The topological polar surface area (TPSA) is 35.5 Å². The van der Waals surface area contributed by atoms with Crippen LogP contribution in [0.25, 0.3) is 0 Å². The lowest BCUT2D eigenvalue weighted by Gasteiger charge is -1.98. The molecule has 0 aliphatic carbocycles. The molecule has 6 heteroatoms. The summed E-state index contributed by atoms with van der Waals surface area (Å²) in [4.78, 5) is 0. The highest BCUT2D eigenvalue weighted by Crippen LogP contribution is 2.26. The van der Waals surface area contributed by atoms with Crippen LogP contribution in [-0.2, 0) is 13.6 Å². The summed E-state index contributed by atoms with van der Waals surface area (Å²) in [7, 11) is -2.05. The van der Waals surface area contributed by atoms with Gasteiger partial charge in [-0.1, -0.05) is 0 Å². The van der Waals surface area contributed by atoms with Gasteiger partial charge in [-0.25, -0.2) is 0 Å². The highest BCUT2D eigenvalue weighted by molar-refractivity contribution is 7.33. The van der Waals surface area contributed by atoms with Crippen molar-refractivity contribution >= 4 is 31.5 Å². The van der Waals surface area contributed by atoms with Crippen LogP contribution in [0.2, 0.25) is 0 Å². The van der Waals surface area contributed by atoms with Crippen LogP contribution in [0.15, 0.2) is 0 Å². The lowest BCUT2D eigenvalue weighted by atomic mass is 10.5. The maximum Gasteiger partial charge on any atom is 0.697 e. The second-order valence-corrected chi connectivity index (χ2v) is 4.27. The summed E-state index contributed by atoms with van der Waals surface area (Å²) in [5, 5.41) is -0.318. The van der Waals surface area contributed by atoms with Crippen molar-refractivity contribution in [2.24, 2.45) is 0 Å². The molecular formula is C6H12Cl2O3P+. The largest absolute Gasteiger partial charge is 0.697 e. The van der Waals surface area contributed by atoms with Gasteiger partial charge in [-0.2, -0.15) is 0 Å². The van der Waals surface area contributed by atoms with E-state index in [1.807, 2.05) is 0 Å². The van der Waals surface area contributed by atoms with Gasteiger partial charge >= 0.3 is 8.25 Å². The number of rotatable bonds is 6. The molecule has 0 saturated heterocycles. The fraction of sp³-hybridized carbons (Fsp3) is 1.00. The zero-order chi connectivity index (χ0) is 9.56. The third kappa shape index (κ3) is 7.26. The fourth-order valence-electron chi connectivity index (χ4n) is 0.389. The zero-order valence-corrected chi connectivity index (χ0v) is 9.40. The summed E-state index contributed by atoms with van der Waals surface area (Å²) in [6.07, 6.45) is -0.113. The molecule has 0 radical (unpaired) electrons. The number of hydrogen-bond donors (Lipinski definition) is 0. The maximum absolute atomic E-state index is 10.9. The average Bonchev–Trinajstić information content (AvgIpc) is 1.99. The number of halogens is 2. The van der Waals surface area contributed by atoms with E-state index in [1.54, 1.807) is 13.8 Å².